The van der Waals surface area contributed by atoms with Crippen LogP contribution in [-0.4, -0.2) is 16.6 Å². The number of nitrogen functional groups attached to an aromatic ring is 2. The van der Waals surface area contributed by atoms with E-state index in [1.807, 2.05) is 6.07 Å². The summed E-state index contributed by atoms with van der Waals surface area (Å²) in [6.07, 6.45) is 0.843. The predicted octanol–water partition coefficient (Wildman–Crippen LogP) is 2.74. The minimum Gasteiger partial charge on any atom is -0.493 e. The second kappa shape index (κ2) is 6.92. The topological polar surface area (TPSA) is 111 Å². The summed E-state index contributed by atoms with van der Waals surface area (Å²) in [6, 6.07) is 5.96. The second-order valence-electron chi connectivity index (χ2n) is 5.47. The maximum Gasteiger partial charge on any atom is 0.222 e. The van der Waals surface area contributed by atoms with E-state index < -0.39 is 5.82 Å². The Balaban J connectivity index is 2.50. The molecule has 0 amide bonds. The van der Waals surface area contributed by atoms with E-state index in [0.29, 0.717) is 23.8 Å². The standard InChI is InChI=1S/C16H18FN5O/c1-9(2)5-6-23-13-4-3-10(17)7-11(13)14-12(8-18)15(19)22-16(20)21-14/h3-4,7,9H,5-6H2,1-2H3,(H4,19,20,21,22). The molecule has 2 aromatic rings. The predicted molar refractivity (Wildman–Crippen MR) is 85.9 cm³/mol. The summed E-state index contributed by atoms with van der Waals surface area (Å²) in [6.45, 7) is 4.62. The molecule has 1 aromatic carbocycles. The van der Waals surface area contributed by atoms with Crippen LogP contribution in [0.3, 0.4) is 0 Å². The van der Waals surface area contributed by atoms with Gasteiger partial charge in [-0.25, -0.2) is 9.37 Å². The van der Waals surface area contributed by atoms with Crippen LogP contribution in [0, 0.1) is 23.1 Å². The van der Waals surface area contributed by atoms with Gasteiger partial charge < -0.3 is 16.2 Å². The molecule has 0 radical (unpaired) electrons. The fraction of sp³-hybridized carbons (Fsp3) is 0.312. The van der Waals surface area contributed by atoms with Crippen LogP contribution in [-0.2, 0) is 0 Å². The fourth-order valence-corrected chi connectivity index (χ4v) is 2.02. The number of aromatic nitrogens is 2. The van der Waals surface area contributed by atoms with Gasteiger partial charge in [-0.3, -0.25) is 0 Å². The molecule has 6 nitrogen and oxygen atoms in total. The Morgan fingerprint density at radius 2 is 2.04 bits per heavy atom. The van der Waals surface area contributed by atoms with Crippen LogP contribution in [0.4, 0.5) is 16.2 Å². The number of nitrogens with two attached hydrogens (primary N) is 2. The first-order valence-corrected chi connectivity index (χ1v) is 7.18. The van der Waals surface area contributed by atoms with E-state index in [1.165, 1.54) is 18.2 Å². The normalized spacial score (nSPS) is 10.6. The van der Waals surface area contributed by atoms with E-state index in [-0.39, 0.29) is 23.0 Å². The van der Waals surface area contributed by atoms with Crippen molar-refractivity contribution in [3.05, 3.63) is 29.6 Å². The number of halogens is 1. The van der Waals surface area contributed by atoms with E-state index in [1.54, 1.807) is 0 Å². The molecular weight excluding hydrogens is 297 g/mol. The molecule has 0 aliphatic carbocycles. The highest BCUT2D eigenvalue weighted by atomic mass is 19.1. The maximum atomic E-state index is 13.7. The lowest BCUT2D eigenvalue weighted by molar-refractivity contribution is 0.290. The summed E-state index contributed by atoms with van der Waals surface area (Å²) < 4.78 is 19.4. The molecule has 23 heavy (non-hydrogen) atoms. The van der Waals surface area contributed by atoms with Crippen molar-refractivity contribution in [3.8, 4) is 23.1 Å². The van der Waals surface area contributed by atoms with Crippen LogP contribution in [0.5, 0.6) is 5.75 Å². The Labute approximate surface area is 133 Å². The monoisotopic (exact) mass is 315 g/mol. The molecule has 0 aliphatic rings. The Kier molecular flexibility index (Phi) is 4.96. The Morgan fingerprint density at radius 3 is 2.70 bits per heavy atom. The summed E-state index contributed by atoms with van der Waals surface area (Å²) in [5.74, 6) is 0.275. The molecule has 0 fully saturated rings. The highest BCUT2D eigenvalue weighted by molar-refractivity contribution is 5.77. The first-order chi connectivity index (χ1) is 10.9. The molecule has 0 saturated heterocycles. The molecule has 4 N–H and O–H groups in total. The molecule has 1 aromatic heterocycles. The number of nitrogens with zero attached hydrogens (tertiary/aromatic N) is 3. The third-order valence-electron chi connectivity index (χ3n) is 3.22. The number of hydrogen-bond acceptors (Lipinski definition) is 6. The van der Waals surface area contributed by atoms with E-state index in [0.717, 1.165) is 6.42 Å². The average molecular weight is 315 g/mol. The number of benzene rings is 1. The van der Waals surface area contributed by atoms with Gasteiger partial charge in [0.2, 0.25) is 5.95 Å². The molecule has 0 saturated carbocycles. The van der Waals surface area contributed by atoms with Crippen molar-refractivity contribution < 1.29 is 9.13 Å². The van der Waals surface area contributed by atoms with Gasteiger partial charge in [-0.05, 0) is 30.5 Å². The molecule has 120 valence electrons. The highest BCUT2D eigenvalue weighted by Crippen LogP contribution is 2.33. The van der Waals surface area contributed by atoms with Crippen molar-refractivity contribution in [2.75, 3.05) is 18.1 Å². The zero-order valence-corrected chi connectivity index (χ0v) is 13.0. The van der Waals surface area contributed by atoms with Crippen LogP contribution >= 0.6 is 0 Å². The zero-order valence-electron chi connectivity index (χ0n) is 13.0. The van der Waals surface area contributed by atoms with Gasteiger partial charge in [0, 0.05) is 5.56 Å². The van der Waals surface area contributed by atoms with Crippen molar-refractivity contribution in [3.63, 3.8) is 0 Å². The highest BCUT2D eigenvalue weighted by Gasteiger charge is 2.18. The second-order valence-corrected chi connectivity index (χ2v) is 5.47. The first-order valence-electron chi connectivity index (χ1n) is 7.18. The number of hydrogen-bond donors (Lipinski definition) is 2. The van der Waals surface area contributed by atoms with Gasteiger partial charge in [-0.15, -0.1) is 0 Å². The quantitative estimate of drug-likeness (QED) is 0.877. The SMILES string of the molecule is CC(C)CCOc1ccc(F)cc1-c1nc(N)nc(N)c1C#N. The minimum absolute atomic E-state index is 0.0403. The Hall–Kier alpha value is -2.88. The van der Waals surface area contributed by atoms with Crippen LogP contribution in [0.15, 0.2) is 18.2 Å². The molecular formula is C16H18FN5O. The molecule has 0 unspecified atom stereocenters. The van der Waals surface area contributed by atoms with Crippen LogP contribution in [0.2, 0.25) is 0 Å². The maximum absolute atomic E-state index is 13.7. The van der Waals surface area contributed by atoms with Gasteiger partial charge in [-0.1, -0.05) is 13.8 Å². The van der Waals surface area contributed by atoms with Crippen LogP contribution < -0.4 is 16.2 Å². The van der Waals surface area contributed by atoms with Crippen molar-refractivity contribution in [1.29, 1.82) is 5.26 Å². The summed E-state index contributed by atoms with van der Waals surface area (Å²) in [7, 11) is 0. The van der Waals surface area contributed by atoms with Gasteiger partial charge in [0.15, 0.2) is 0 Å². The van der Waals surface area contributed by atoms with Gasteiger partial charge in [0.1, 0.15) is 29.0 Å². The third-order valence-corrected chi connectivity index (χ3v) is 3.22. The third kappa shape index (κ3) is 3.86. The molecule has 0 atom stereocenters. The van der Waals surface area contributed by atoms with Gasteiger partial charge >= 0.3 is 0 Å². The molecule has 1 heterocycles. The Morgan fingerprint density at radius 1 is 1.30 bits per heavy atom. The van der Waals surface area contributed by atoms with Crippen molar-refractivity contribution in [1.82, 2.24) is 9.97 Å². The average Bonchev–Trinajstić information content (AvgIpc) is 2.47. The van der Waals surface area contributed by atoms with E-state index in [2.05, 4.69) is 23.8 Å². The Bertz CT molecular complexity index is 755. The lowest BCUT2D eigenvalue weighted by atomic mass is 10.1. The summed E-state index contributed by atoms with van der Waals surface area (Å²) >= 11 is 0. The molecule has 0 bridgehead atoms. The molecule has 7 heteroatoms. The smallest absolute Gasteiger partial charge is 0.222 e. The van der Waals surface area contributed by atoms with E-state index >= 15 is 0 Å². The summed E-state index contributed by atoms with van der Waals surface area (Å²) in [5, 5.41) is 9.28. The van der Waals surface area contributed by atoms with E-state index in [9.17, 15) is 9.65 Å². The molecule has 0 spiro atoms. The lowest BCUT2D eigenvalue weighted by Gasteiger charge is -2.14. The number of rotatable bonds is 5. The van der Waals surface area contributed by atoms with Gasteiger partial charge in [-0.2, -0.15) is 10.2 Å². The molecule has 0 aliphatic heterocycles. The largest absolute Gasteiger partial charge is 0.493 e. The molecule has 2 rings (SSSR count). The minimum atomic E-state index is -0.476. The van der Waals surface area contributed by atoms with E-state index in [4.69, 9.17) is 16.2 Å². The number of nitriles is 1. The van der Waals surface area contributed by atoms with Crippen molar-refractivity contribution >= 4 is 11.8 Å². The van der Waals surface area contributed by atoms with Crippen LogP contribution in [0.1, 0.15) is 25.8 Å². The van der Waals surface area contributed by atoms with Gasteiger partial charge in [0.05, 0.1) is 12.3 Å². The summed E-state index contributed by atoms with van der Waals surface area (Å²) in [4.78, 5) is 7.79. The number of ether oxygens (including phenoxy) is 1. The lowest BCUT2D eigenvalue weighted by Crippen LogP contribution is -2.07. The number of anilines is 2. The van der Waals surface area contributed by atoms with Gasteiger partial charge in [0.25, 0.3) is 0 Å². The summed E-state index contributed by atoms with van der Waals surface area (Å²) in [5.41, 5.74) is 11.8. The van der Waals surface area contributed by atoms with Crippen molar-refractivity contribution in [2.24, 2.45) is 5.92 Å². The van der Waals surface area contributed by atoms with Crippen LogP contribution in [0.25, 0.3) is 11.3 Å². The van der Waals surface area contributed by atoms with Crippen molar-refractivity contribution in [2.45, 2.75) is 20.3 Å². The zero-order chi connectivity index (χ0) is 17.0. The fourth-order valence-electron chi connectivity index (χ4n) is 2.02. The first kappa shape index (κ1) is 16.5.